The van der Waals surface area contributed by atoms with E-state index in [1.807, 2.05) is 0 Å². The molecule has 0 radical (unpaired) electrons. The molecule has 0 heterocycles. The van der Waals surface area contributed by atoms with Crippen molar-refractivity contribution in [3.05, 3.63) is 35.6 Å². The van der Waals surface area contributed by atoms with Crippen molar-refractivity contribution in [1.29, 1.82) is 0 Å². The highest BCUT2D eigenvalue weighted by atomic mass is 19.4. The normalized spacial score (nSPS) is 12.7. The van der Waals surface area contributed by atoms with E-state index in [1.165, 1.54) is 18.2 Å². The van der Waals surface area contributed by atoms with Crippen LogP contribution in [0.5, 0.6) is 0 Å². The van der Waals surface area contributed by atoms with Gasteiger partial charge < -0.3 is 10.1 Å². The molecule has 0 bridgehead atoms. The summed E-state index contributed by atoms with van der Waals surface area (Å²) in [5.41, 5.74) is 0.645. The van der Waals surface area contributed by atoms with Crippen LogP contribution in [0, 0.1) is 5.82 Å². The highest BCUT2D eigenvalue weighted by Crippen LogP contribution is 2.36. The van der Waals surface area contributed by atoms with Crippen LogP contribution < -0.4 is 5.32 Å². The van der Waals surface area contributed by atoms with Crippen LogP contribution in [0.3, 0.4) is 0 Å². The van der Waals surface area contributed by atoms with Gasteiger partial charge in [-0.1, -0.05) is 12.1 Å². The average molecular weight is 301 g/mol. The number of alkyl halides is 5. The molecule has 114 valence electrons. The lowest BCUT2D eigenvalue weighted by atomic mass is 10.2. The van der Waals surface area contributed by atoms with Crippen LogP contribution in [0.1, 0.15) is 12.0 Å². The summed E-state index contributed by atoms with van der Waals surface area (Å²) in [7, 11) is 0. The zero-order valence-corrected chi connectivity index (χ0v) is 10.3. The largest absolute Gasteiger partial charge is 0.482 e. The molecular weight excluding hydrogens is 288 g/mol. The van der Waals surface area contributed by atoms with Crippen molar-refractivity contribution in [2.45, 2.75) is 25.3 Å². The molecule has 1 rings (SSSR count). The minimum absolute atomic E-state index is 0.0268. The summed E-state index contributed by atoms with van der Waals surface area (Å²) in [6.07, 6.45) is -10.9. The van der Waals surface area contributed by atoms with Crippen LogP contribution in [0.4, 0.5) is 26.3 Å². The molecule has 2 nitrogen and oxygen atoms in total. The lowest BCUT2D eigenvalue weighted by Gasteiger charge is -2.19. The van der Waals surface area contributed by atoms with Crippen molar-refractivity contribution in [2.75, 3.05) is 13.2 Å². The predicted octanol–water partition coefficient (Wildman–Crippen LogP) is 3.48. The van der Waals surface area contributed by atoms with Crippen LogP contribution in [0.2, 0.25) is 0 Å². The highest BCUT2D eigenvalue weighted by Gasteiger charge is 2.59. The quantitative estimate of drug-likeness (QED) is 0.615. The summed E-state index contributed by atoms with van der Waals surface area (Å²) in [4.78, 5) is 0. The molecule has 0 aromatic heterocycles. The number of hydrogen-bond donors (Lipinski definition) is 1. The van der Waals surface area contributed by atoms with Crippen LogP contribution in [-0.2, 0) is 11.3 Å². The van der Waals surface area contributed by atoms with Crippen LogP contribution in [-0.4, -0.2) is 25.4 Å². The second kappa shape index (κ2) is 6.94. The minimum atomic E-state index is -5.71. The Labute approximate surface area is 111 Å². The predicted molar refractivity (Wildman–Crippen MR) is 59.7 cm³/mol. The number of benzene rings is 1. The van der Waals surface area contributed by atoms with E-state index >= 15 is 0 Å². The van der Waals surface area contributed by atoms with Gasteiger partial charge in [0, 0.05) is 6.54 Å². The fourth-order valence-corrected chi connectivity index (χ4v) is 1.36. The van der Waals surface area contributed by atoms with Gasteiger partial charge in [0.2, 0.25) is 0 Å². The Kier molecular flexibility index (Phi) is 5.82. The van der Waals surface area contributed by atoms with Gasteiger partial charge in [-0.2, -0.15) is 22.0 Å². The van der Waals surface area contributed by atoms with Crippen molar-refractivity contribution in [3.63, 3.8) is 0 Å². The molecule has 1 aromatic rings. The van der Waals surface area contributed by atoms with Gasteiger partial charge in [-0.15, -0.1) is 0 Å². The smallest absolute Gasteiger partial charge is 0.313 e. The molecule has 0 aliphatic carbocycles. The molecule has 0 spiro atoms. The maximum absolute atomic E-state index is 12.8. The standard InChI is InChI=1S/C12H13F6NO/c13-10-4-1-3-9(7-10)8-19-5-2-6-20-12(17,18)11(14,15)16/h1,3-4,7,19H,2,5-6,8H2. The van der Waals surface area contributed by atoms with E-state index < -0.39 is 24.7 Å². The Morgan fingerprint density at radius 3 is 2.40 bits per heavy atom. The first-order chi connectivity index (χ1) is 9.22. The summed E-state index contributed by atoms with van der Waals surface area (Å²) in [5, 5.41) is 2.78. The van der Waals surface area contributed by atoms with E-state index in [9.17, 15) is 26.3 Å². The Morgan fingerprint density at radius 1 is 1.10 bits per heavy atom. The monoisotopic (exact) mass is 301 g/mol. The van der Waals surface area contributed by atoms with Crippen molar-refractivity contribution in [2.24, 2.45) is 0 Å². The van der Waals surface area contributed by atoms with Crippen molar-refractivity contribution < 1.29 is 31.1 Å². The maximum atomic E-state index is 12.8. The molecular formula is C12H13F6NO. The van der Waals surface area contributed by atoms with Gasteiger partial charge in [0.1, 0.15) is 5.82 Å². The topological polar surface area (TPSA) is 21.3 Å². The molecule has 0 aliphatic rings. The van der Waals surface area contributed by atoms with Gasteiger partial charge in [0.15, 0.2) is 0 Å². The van der Waals surface area contributed by atoms with Gasteiger partial charge in [-0.3, -0.25) is 0 Å². The van der Waals surface area contributed by atoms with Crippen LogP contribution >= 0.6 is 0 Å². The highest BCUT2D eigenvalue weighted by molar-refractivity contribution is 5.15. The lowest BCUT2D eigenvalue weighted by molar-refractivity contribution is -0.391. The van der Waals surface area contributed by atoms with E-state index in [0.29, 0.717) is 5.56 Å². The first-order valence-electron chi connectivity index (χ1n) is 5.76. The number of ether oxygens (including phenoxy) is 1. The molecule has 0 atom stereocenters. The summed E-state index contributed by atoms with van der Waals surface area (Å²) in [6.45, 7) is -0.277. The second-order valence-electron chi connectivity index (χ2n) is 4.02. The lowest BCUT2D eigenvalue weighted by Crippen LogP contribution is -2.39. The maximum Gasteiger partial charge on any atom is 0.482 e. The van der Waals surface area contributed by atoms with E-state index in [1.54, 1.807) is 6.07 Å². The van der Waals surface area contributed by atoms with Crippen LogP contribution in [0.15, 0.2) is 24.3 Å². The first-order valence-corrected chi connectivity index (χ1v) is 5.76. The van der Waals surface area contributed by atoms with E-state index in [0.717, 1.165) is 0 Å². The van der Waals surface area contributed by atoms with Crippen molar-refractivity contribution in [3.8, 4) is 0 Å². The Morgan fingerprint density at radius 2 is 1.80 bits per heavy atom. The molecule has 0 amide bonds. The first kappa shape index (κ1) is 16.8. The second-order valence-corrected chi connectivity index (χ2v) is 4.02. The van der Waals surface area contributed by atoms with Crippen molar-refractivity contribution >= 4 is 0 Å². The van der Waals surface area contributed by atoms with Crippen molar-refractivity contribution in [1.82, 2.24) is 5.32 Å². The van der Waals surface area contributed by atoms with E-state index in [4.69, 9.17) is 0 Å². The number of halogens is 6. The number of rotatable bonds is 7. The summed E-state index contributed by atoms with van der Waals surface area (Å²) < 4.78 is 76.2. The Balaban J connectivity index is 2.17. The molecule has 0 saturated carbocycles. The third-order valence-electron chi connectivity index (χ3n) is 2.33. The van der Waals surface area contributed by atoms with Gasteiger partial charge in [0.05, 0.1) is 6.61 Å². The van der Waals surface area contributed by atoms with E-state index in [-0.39, 0.29) is 19.5 Å². The fraction of sp³-hybridized carbons (Fsp3) is 0.500. The Bertz CT molecular complexity index is 421. The summed E-state index contributed by atoms with van der Waals surface area (Å²) in [5.74, 6) is -0.405. The zero-order valence-electron chi connectivity index (χ0n) is 10.3. The number of hydrogen-bond acceptors (Lipinski definition) is 2. The molecule has 20 heavy (non-hydrogen) atoms. The molecule has 1 aromatic carbocycles. The fourth-order valence-electron chi connectivity index (χ4n) is 1.36. The minimum Gasteiger partial charge on any atom is -0.313 e. The van der Waals surface area contributed by atoms with Crippen LogP contribution in [0.25, 0.3) is 0 Å². The zero-order chi connectivity index (χ0) is 15.2. The molecule has 0 unspecified atom stereocenters. The van der Waals surface area contributed by atoms with Gasteiger partial charge >= 0.3 is 12.3 Å². The SMILES string of the molecule is Fc1cccc(CNCCCOC(F)(F)C(F)(F)F)c1. The molecule has 1 N–H and O–H groups in total. The molecule has 0 aliphatic heterocycles. The van der Waals surface area contributed by atoms with Gasteiger partial charge in [0.25, 0.3) is 0 Å². The summed E-state index contributed by atoms with van der Waals surface area (Å²) in [6, 6.07) is 5.74. The van der Waals surface area contributed by atoms with Gasteiger partial charge in [-0.05, 0) is 30.7 Å². The average Bonchev–Trinajstić information content (AvgIpc) is 2.32. The third kappa shape index (κ3) is 5.38. The molecule has 0 fully saturated rings. The molecule has 8 heteroatoms. The van der Waals surface area contributed by atoms with E-state index in [2.05, 4.69) is 10.1 Å². The number of nitrogens with one attached hydrogen (secondary N) is 1. The molecule has 0 saturated heterocycles. The Hall–Kier alpha value is -1.28. The van der Waals surface area contributed by atoms with Gasteiger partial charge in [-0.25, -0.2) is 4.39 Å². The third-order valence-corrected chi connectivity index (χ3v) is 2.33. The summed E-state index contributed by atoms with van der Waals surface area (Å²) >= 11 is 0.